The van der Waals surface area contributed by atoms with Crippen molar-refractivity contribution in [3.8, 4) is 0 Å². The number of halogens is 5. The second-order valence-electron chi connectivity index (χ2n) is 5.59. The van der Waals surface area contributed by atoms with E-state index in [0.717, 1.165) is 17.5 Å². The van der Waals surface area contributed by atoms with E-state index < -0.39 is 41.3 Å². The Kier molecular flexibility index (Phi) is 5.94. The van der Waals surface area contributed by atoms with Gasteiger partial charge in [-0.3, -0.25) is 0 Å². The van der Waals surface area contributed by atoms with Crippen molar-refractivity contribution < 1.29 is 26.7 Å². The number of hydrogen-bond donors (Lipinski definition) is 0. The van der Waals surface area contributed by atoms with Gasteiger partial charge >= 0.3 is 0 Å². The zero-order valence-corrected chi connectivity index (χ0v) is 13.3. The van der Waals surface area contributed by atoms with Crippen molar-refractivity contribution in [3.63, 3.8) is 0 Å². The zero-order valence-electron chi connectivity index (χ0n) is 13.3. The smallest absolute Gasteiger partial charge is 0.200 e. The highest BCUT2D eigenvalue weighted by Crippen LogP contribution is 2.24. The van der Waals surface area contributed by atoms with Crippen molar-refractivity contribution in [1.82, 2.24) is 0 Å². The van der Waals surface area contributed by atoms with Crippen LogP contribution in [0.5, 0.6) is 0 Å². The molecule has 0 heterocycles. The molecule has 2 rings (SSSR count). The molecule has 0 aromatic heterocycles. The Labute approximate surface area is 137 Å². The van der Waals surface area contributed by atoms with E-state index in [1.54, 1.807) is 12.1 Å². The molecule has 0 saturated carbocycles. The Morgan fingerprint density at radius 2 is 1.29 bits per heavy atom. The summed E-state index contributed by atoms with van der Waals surface area (Å²) in [6.07, 6.45) is 0.996. The highest BCUT2D eigenvalue weighted by molar-refractivity contribution is 5.25. The van der Waals surface area contributed by atoms with Crippen LogP contribution in [0.15, 0.2) is 24.3 Å². The van der Waals surface area contributed by atoms with Crippen LogP contribution in [-0.2, 0) is 18.0 Å². The molecular weight excluding hydrogens is 327 g/mol. The third-order valence-electron chi connectivity index (χ3n) is 3.98. The second kappa shape index (κ2) is 7.75. The van der Waals surface area contributed by atoms with Gasteiger partial charge in [-0.25, -0.2) is 22.0 Å². The Hall–Kier alpha value is -1.95. The molecule has 2 aromatic carbocycles. The van der Waals surface area contributed by atoms with E-state index in [1.165, 1.54) is 0 Å². The summed E-state index contributed by atoms with van der Waals surface area (Å²) in [5.41, 5.74) is 0.926. The largest absolute Gasteiger partial charge is 0.372 e. The topological polar surface area (TPSA) is 9.23 Å². The lowest BCUT2D eigenvalue weighted by Gasteiger charge is -2.11. The van der Waals surface area contributed by atoms with Gasteiger partial charge in [0.25, 0.3) is 0 Å². The van der Waals surface area contributed by atoms with Gasteiger partial charge in [-0.2, -0.15) is 0 Å². The lowest BCUT2D eigenvalue weighted by Crippen LogP contribution is -2.08. The number of hydrogen-bond acceptors (Lipinski definition) is 1. The van der Waals surface area contributed by atoms with Gasteiger partial charge in [-0.05, 0) is 23.5 Å². The Bertz CT molecular complexity index is 683. The van der Waals surface area contributed by atoms with Gasteiger partial charge in [0.2, 0.25) is 5.82 Å². The van der Waals surface area contributed by atoms with Crippen molar-refractivity contribution in [2.75, 3.05) is 0 Å². The first-order valence-electron chi connectivity index (χ1n) is 7.53. The summed E-state index contributed by atoms with van der Waals surface area (Å²) in [4.78, 5) is 0. The predicted octanol–water partition coefficient (Wildman–Crippen LogP) is 5.61. The lowest BCUT2D eigenvalue weighted by molar-refractivity contribution is 0.100. The summed E-state index contributed by atoms with van der Waals surface area (Å²) in [7, 11) is 0. The molecule has 6 heteroatoms. The van der Waals surface area contributed by atoms with Gasteiger partial charge in [-0.1, -0.05) is 38.1 Å². The average molecular weight is 344 g/mol. The van der Waals surface area contributed by atoms with Gasteiger partial charge in [0.15, 0.2) is 23.3 Å². The molecule has 130 valence electrons. The van der Waals surface area contributed by atoms with Gasteiger partial charge in [0, 0.05) is 0 Å². The first-order valence-corrected chi connectivity index (χ1v) is 7.53. The molecule has 1 unspecified atom stereocenters. The molecule has 0 fully saturated rings. The van der Waals surface area contributed by atoms with Crippen LogP contribution in [0.3, 0.4) is 0 Å². The van der Waals surface area contributed by atoms with Crippen LogP contribution in [0.25, 0.3) is 0 Å². The van der Waals surface area contributed by atoms with Crippen LogP contribution in [0, 0.1) is 29.1 Å². The zero-order chi connectivity index (χ0) is 17.9. The number of rotatable bonds is 6. The minimum absolute atomic E-state index is 0.000278. The number of benzene rings is 2. The molecule has 1 nitrogen and oxygen atoms in total. The fraction of sp³-hybridized carbons (Fsp3) is 0.333. The van der Waals surface area contributed by atoms with Crippen molar-refractivity contribution >= 4 is 0 Å². The van der Waals surface area contributed by atoms with E-state index in [4.69, 9.17) is 4.74 Å². The summed E-state index contributed by atoms with van der Waals surface area (Å²) in [6, 6.07) is 7.45. The average Bonchev–Trinajstić information content (AvgIpc) is 2.61. The van der Waals surface area contributed by atoms with E-state index in [2.05, 4.69) is 13.8 Å². The molecule has 0 bridgehead atoms. The SMILES string of the molecule is CCC(C)c1ccc(COCc2c(F)c(F)c(F)c(F)c2F)cc1. The van der Waals surface area contributed by atoms with Gasteiger partial charge in [0.05, 0.1) is 18.8 Å². The van der Waals surface area contributed by atoms with Crippen molar-refractivity contribution in [2.24, 2.45) is 0 Å². The number of ether oxygens (including phenoxy) is 1. The van der Waals surface area contributed by atoms with Crippen molar-refractivity contribution in [3.05, 3.63) is 70.0 Å². The molecule has 0 spiro atoms. The minimum atomic E-state index is -2.17. The Balaban J connectivity index is 2.05. The van der Waals surface area contributed by atoms with Crippen molar-refractivity contribution in [1.29, 1.82) is 0 Å². The molecule has 0 N–H and O–H groups in total. The maximum Gasteiger partial charge on any atom is 0.200 e. The minimum Gasteiger partial charge on any atom is -0.372 e. The van der Waals surface area contributed by atoms with E-state index in [1.807, 2.05) is 12.1 Å². The van der Waals surface area contributed by atoms with Crippen molar-refractivity contribution in [2.45, 2.75) is 39.4 Å². The van der Waals surface area contributed by atoms with E-state index in [0.29, 0.717) is 5.92 Å². The maximum atomic E-state index is 13.5. The third-order valence-corrected chi connectivity index (χ3v) is 3.98. The Morgan fingerprint density at radius 1 is 0.792 bits per heavy atom. The summed E-state index contributed by atoms with van der Waals surface area (Å²) >= 11 is 0. The highest BCUT2D eigenvalue weighted by Gasteiger charge is 2.25. The molecule has 0 aliphatic rings. The predicted molar refractivity (Wildman–Crippen MR) is 79.9 cm³/mol. The molecule has 0 aliphatic carbocycles. The normalized spacial score (nSPS) is 12.5. The standard InChI is InChI=1S/C18H17F5O/c1-3-10(2)12-6-4-11(5-7-12)8-24-9-13-14(19)16(21)18(23)17(22)15(13)20/h4-7,10H,3,8-9H2,1-2H3. The van der Waals surface area contributed by atoms with Crippen LogP contribution in [-0.4, -0.2) is 0 Å². The van der Waals surface area contributed by atoms with Crippen LogP contribution >= 0.6 is 0 Å². The fourth-order valence-electron chi connectivity index (χ4n) is 2.23. The quantitative estimate of drug-likeness (QED) is 0.376. The molecule has 0 radical (unpaired) electrons. The first kappa shape index (κ1) is 18.4. The van der Waals surface area contributed by atoms with Crippen LogP contribution in [0.4, 0.5) is 22.0 Å². The van der Waals surface area contributed by atoms with Gasteiger partial charge in [0.1, 0.15) is 0 Å². The van der Waals surface area contributed by atoms with Crippen LogP contribution in [0.1, 0.15) is 42.9 Å². The molecular formula is C18H17F5O. The maximum absolute atomic E-state index is 13.5. The lowest BCUT2D eigenvalue weighted by atomic mass is 9.98. The highest BCUT2D eigenvalue weighted by atomic mass is 19.2. The monoisotopic (exact) mass is 344 g/mol. The van der Waals surface area contributed by atoms with E-state index in [9.17, 15) is 22.0 Å². The van der Waals surface area contributed by atoms with Gasteiger partial charge < -0.3 is 4.74 Å². The summed E-state index contributed by atoms with van der Waals surface area (Å²) in [5, 5.41) is 0. The molecule has 2 aromatic rings. The summed E-state index contributed by atoms with van der Waals surface area (Å²) in [5.74, 6) is -9.42. The molecule has 0 aliphatic heterocycles. The fourth-order valence-corrected chi connectivity index (χ4v) is 2.23. The first-order chi connectivity index (χ1) is 11.4. The summed E-state index contributed by atoms with van der Waals surface area (Å²) in [6.45, 7) is 3.46. The molecule has 24 heavy (non-hydrogen) atoms. The molecule has 0 amide bonds. The van der Waals surface area contributed by atoms with Crippen LogP contribution < -0.4 is 0 Å². The molecule has 1 atom stereocenters. The van der Waals surface area contributed by atoms with Gasteiger partial charge in [-0.15, -0.1) is 0 Å². The summed E-state index contributed by atoms with van der Waals surface area (Å²) < 4.78 is 71.3. The van der Waals surface area contributed by atoms with E-state index >= 15 is 0 Å². The third kappa shape index (κ3) is 3.75. The van der Waals surface area contributed by atoms with Crippen LogP contribution in [0.2, 0.25) is 0 Å². The van der Waals surface area contributed by atoms with E-state index in [-0.39, 0.29) is 6.61 Å². The Morgan fingerprint density at radius 3 is 1.79 bits per heavy atom. The molecule has 0 saturated heterocycles. The second-order valence-corrected chi connectivity index (χ2v) is 5.59.